The maximum Gasteiger partial charge on any atom is 0.282 e. The molecule has 3 aromatic rings. The molecule has 0 radical (unpaired) electrons. The number of hydrogen-bond donors (Lipinski definition) is 1. The fraction of sp³-hybridized carbons (Fsp3) is 0.350. The largest absolute Gasteiger partial charge is 0.335 e. The molecule has 6 nitrogen and oxygen atoms in total. The van der Waals surface area contributed by atoms with Crippen molar-refractivity contribution in [1.29, 1.82) is 0 Å². The zero-order valence-electron chi connectivity index (χ0n) is 15.8. The highest BCUT2D eigenvalue weighted by atomic mass is 79.9. The molecule has 2 fully saturated rings. The lowest BCUT2D eigenvalue weighted by molar-refractivity contribution is 0.0558. The quantitative estimate of drug-likeness (QED) is 0.557. The van der Waals surface area contributed by atoms with Crippen LogP contribution in [0.15, 0.2) is 34.2 Å². The Morgan fingerprint density at radius 2 is 1.97 bits per heavy atom. The van der Waals surface area contributed by atoms with E-state index in [4.69, 9.17) is 11.6 Å². The highest BCUT2D eigenvalue weighted by molar-refractivity contribution is 9.10. The summed E-state index contributed by atoms with van der Waals surface area (Å²) >= 11 is 12.8. The van der Waals surface area contributed by atoms with Crippen molar-refractivity contribution in [3.05, 3.63) is 49.2 Å². The highest BCUT2D eigenvalue weighted by Gasteiger charge is 2.36. The van der Waals surface area contributed by atoms with E-state index < -0.39 is 0 Å². The first-order chi connectivity index (χ1) is 14.5. The maximum absolute atomic E-state index is 12.9. The Morgan fingerprint density at radius 1 is 1.17 bits per heavy atom. The molecule has 1 aromatic carbocycles. The lowest BCUT2D eigenvalue weighted by Crippen LogP contribution is -2.62. The number of benzene rings is 1. The predicted octanol–water partition coefficient (Wildman–Crippen LogP) is 4.10. The van der Waals surface area contributed by atoms with Gasteiger partial charge in [-0.05, 0) is 18.6 Å². The number of carbonyl (C=O) groups is 2. The molecule has 2 aromatic heterocycles. The molecular weight excluding hydrogens is 508 g/mol. The molecule has 2 amide bonds. The lowest BCUT2D eigenvalue weighted by Gasteiger charge is -2.41. The molecule has 0 unspecified atom stereocenters. The van der Waals surface area contributed by atoms with E-state index in [2.05, 4.69) is 26.2 Å². The molecule has 0 bridgehead atoms. The molecule has 2 aliphatic heterocycles. The SMILES string of the molecule is O=C(c1nccs1)N1CC[C@H](NC2CN(C(=O)c3sc4cc(Br)ccc4c3Cl)C2)C1. The third-order valence-corrected chi connectivity index (χ3v) is 8.42. The van der Waals surface area contributed by atoms with Gasteiger partial charge in [-0.25, -0.2) is 4.98 Å². The standard InChI is InChI=1S/C20H18BrClN4O2S2/c21-11-1-2-14-15(7-11)30-17(16(14)22)19(27)26-9-13(10-26)24-12-3-5-25(8-12)20(28)18-23-4-6-29-18/h1-2,4,6-7,12-13,24H,3,5,8-10H2/t12-/m0/s1. The van der Waals surface area contributed by atoms with Gasteiger partial charge in [0, 0.05) is 64.4 Å². The van der Waals surface area contributed by atoms with Crippen LogP contribution in [0.3, 0.4) is 0 Å². The molecule has 156 valence electrons. The second-order valence-electron chi connectivity index (χ2n) is 7.53. The van der Waals surface area contributed by atoms with E-state index in [0.717, 1.165) is 27.5 Å². The Labute approximate surface area is 195 Å². The van der Waals surface area contributed by atoms with Crippen molar-refractivity contribution >= 4 is 72.1 Å². The molecule has 0 aliphatic carbocycles. The van der Waals surface area contributed by atoms with Gasteiger partial charge < -0.3 is 15.1 Å². The Bertz CT molecular complexity index is 1110. The van der Waals surface area contributed by atoms with Crippen molar-refractivity contribution in [2.75, 3.05) is 26.2 Å². The van der Waals surface area contributed by atoms with Gasteiger partial charge in [0.05, 0.1) is 5.02 Å². The van der Waals surface area contributed by atoms with Gasteiger partial charge in [0.1, 0.15) is 4.88 Å². The van der Waals surface area contributed by atoms with E-state index >= 15 is 0 Å². The summed E-state index contributed by atoms with van der Waals surface area (Å²) in [6.07, 6.45) is 2.57. The highest BCUT2D eigenvalue weighted by Crippen LogP contribution is 2.38. The fourth-order valence-electron chi connectivity index (χ4n) is 3.95. The first-order valence-electron chi connectivity index (χ1n) is 9.61. The van der Waals surface area contributed by atoms with E-state index in [0.29, 0.717) is 34.5 Å². The van der Waals surface area contributed by atoms with Crippen LogP contribution in [0.2, 0.25) is 5.02 Å². The molecule has 0 saturated carbocycles. The topological polar surface area (TPSA) is 65.5 Å². The van der Waals surface area contributed by atoms with E-state index in [1.165, 1.54) is 22.7 Å². The van der Waals surface area contributed by atoms with Crippen LogP contribution in [0, 0.1) is 0 Å². The first-order valence-corrected chi connectivity index (χ1v) is 12.5. The zero-order valence-corrected chi connectivity index (χ0v) is 19.8. The van der Waals surface area contributed by atoms with E-state index in [1.807, 2.05) is 33.4 Å². The summed E-state index contributed by atoms with van der Waals surface area (Å²) in [5, 5.41) is 7.41. The zero-order chi connectivity index (χ0) is 20.8. The fourth-order valence-corrected chi connectivity index (χ4v) is 6.58. The summed E-state index contributed by atoms with van der Waals surface area (Å²) in [6.45, 7) is 2.73. The van der Waals surface area contributed by atoms with Gasteiger partial charge >= 0.3 is 0 Å². The number of hydrogen-bond acceptors (Lipinski definition) is 6. The molecule has 0 spiro atoms. The van der Waals surface area contributed by atoms with Crippen LogP contribution < -0.4 is 5.32 Å². The number of nitrogens with zero attached hydrogens (tertiary/aromatic N) is 3. The average Bonchev–Trinajstić information content (AvgIpc) is 3.44. The van der Waals surface area contributed by atoms with Crippen LogP contribution in [0.5, 0.6) is 0 Å². The molecule has 2 saturated heterocycles. The van der Waals surface area contributed by atoms with Crippen molar-refractivity contribution in [2.45, 2.75) is 18.5 Å². The van der Waals surface area contributed by atoms with Crippen LogP contribution in [0.25, 0.3) is 10.1 Å². The number of thiazole rings is 1. The van der Waals surface area contributed by atoms with Gasteiger partial charge in [0.25, 0.3) is 11.8 Å². The van der Waals surface area contributed by atoms with Crippen LogP contribution >= 0.6 is 50.2 Å². The second kappa shape index (κ2) is 8.20. The van der Waals surface area contributed by atoms with Gasteiger partial charge in [-0.2, -0.15) is 0 Å². The Morgan fingerprint density at radius 3 is 2.73 bits per heavy atom. The summed E-state index contributed by atoms with van der Waals surface area (Å²) in [5.41, 5.74) is 0. The summed E-state index contributed by atoms with van der Waals surface area (Å²) in [7, 11) is 0. The number of halogens is 2. The normalized spacial score (nSPS) is 19.5. The first kappa shape index (κ1) is 20.4. The second-order valence-corrected chi connectivity index (χ2v) is 10.8. The number of carbonyl (C=O) groups excluding carboxylic acids is 2. The summed E-state index contributed by atoms with van der Waals surface area (Å²) < 4.78 is 1.97. The van der Waals surface area contributed by atoms with Gasteiger partial charge in [-0.3, -0.25) is 9.59 Å². The summed E-state index contributed by atoms with van der Waals surface area (Å²) in [6, 6.07) is 6.36. The predicted molar refractivity (Wildman–Crippen MR) is 124 cm³/mol. The molecular formula is C20H18BrClN4O2S2. The van der Waals surface area contributed by atoms with Crippen LogP contribution in [0.4, 0.5) is 0 Å². The number of fused-ring (bicyclic) bond motifs is 1. The van der Waals surface area contributed by atoms with Crippen LogP contribution in [0.1, 0.15) is 25.9 Å². The number of thiophene rings is 1. The number of aromatic nitrogens is 1. The number of rotatable bonds is 4. The molecule has 30 heavy (non-hydrogen) atoms. The summed E-state index contributed by atoms with van der Waals surface area (Å²) in [4.78, 5) is 33.7. The molecule has 1 atom stereocenters. The van der Waals surface area contributed by atoms with Crippen LogP contribution in [-0.2, 0) is 0 Å². The minimum absolute atomic E-state index is 0.00533. The Kier molecular flexibility index (Phi) is 5.57. The number of amides is 2. The molecule has 5 rings (SSSR count). The van der Waals surface area contributed by atoms with E-state index in [-0.39, 0.29) is 23.9 Å². The van der Waals surface area contributed by atoms with Crippen molar-refractivity contribution in [1.82, 2.24) is 20.1 Å². The summed E-state index contributed by atoms with van der Waals surface area (Å²) in [5.74, 6) is -0.00637. The number of nitrogens with one attached hydrogen (secondary N) is 1. The molecule has 1 N–H and O–H groups in total. The maximum atomic E-state index is 12.9. The third-order valence-electron chi connectivity index (χ3n) is 5.52. The van der Waals surface area contributed by atoms with Gasteiger partial charge in [0.2, 0.25) is 0 Å². The van der Waals surface area contributed by atoms with Crippen molar-refractivity contribution < 1.29 is 9.59 Å². The van der Waals surface area contributed by atoms with E-state index in [9.17, 15) is 9.59 Å². The monoisotopic (exact) mass is 524 g/mol. The van der Waals surface area contributed by atoms with Gasteiger partial charge in [-0.1, -0.05) is 33.6 Å². The van der Waals surface area contributed by atoms with Crippen molar-refractivity contribution in [2.24, 2.45) is 0 Å². The molecule has 10 heteroatoms. The molecule has 2 aliphatic rings. The van der Waals surface area contributed by atoms with Crippen LogP contribution in [-0.4, -0.2) is 64.9 Å². The Balaban J connectivity index is 1.16. The van der Waals surface area contributed by atoms with Gasteiger partial charge in [0.15, 0.2) is 5.01 Å². The molecule has 4 heterocycles. The lowest BCUT2D eigenvalue weighted by atomic mass is 10.1. The minimum Gasteiger partial charge on any atom is -0.335 e. The average molecular weight is 526 g/mol. The number of likely N-dealkylation sites (tertiary alicyclic amines) is 2. The van der Waals surface area contributed by atoms with Crippen molar-refractivity contribution in [3.63, 3.8) is 0 Å². The minimum atomic E-state index is -0.0117. The van der Waals surface area contributed by atoms with Gasteiger partial charge in [-0.15, -0.1) is 22.7 Å². The van der Waals surface area contributed by atoms with Crippen molar-refractivity contribution in [3.8, 4) is 0 Å². The third kappa shape index (κ3) is 3.78. The smallest absolute Gasteiger partial charge is 0.282 e. The van der Waals surface area contributed by atoms with E-state index in [1.54, 1.807) is 6.20 Å². The Hall–Kier alpha value is -1.52.